The molecule has 34 heavy (non-hydrogen) atoms. The van der Waals surface area contributed by atoms with E-state index in [4.69, 9.17) is 4.74 Å². The van der Waals surface area contributed by atoms with Crippen LogP contribution in [-0.2, 0) is 6.18 Å². The average Bonchev–Trinajstić information content (AvgIpc) is 2.84. The molecule has 1 amide bonds. The quantitative estimate of drug-likeness (QED) is 0.543. The van der Waals surface area contributed by atoms with Crippen molar-refractivity contribution >= 4 is 5.91 Å². The van der Waals surface area contributed by atoms with Crippen LogP contribution in [0.1, 0.15) is 40.9 Å². The van der Waals surface area contributed by atoms with Gasteiger partial charge in [0.2, 0.25) is 5.88 Å². The highest BCUT2D eigenvalue weighted by atomic mass is 19.4. The molecule has 176 valence electrons. The number of piperidine rings is 2. The number of aromatic nitrogens is 3. The van der Waals surface area contributed by atoms with E-state index in [1.165, 1.54) is 6.07 Å². The number of alkyl halides is 3. The zero-order valence-corrected chi connectivity index (χ0v) is 18.5. The average molecular weight is 468 g/mol. The Balaban J connectivity index is 1.40. The minimum Gasteiger partial charge on any atom is -0.472 e. The van der Waals surface area contributed by atoms with Gasteiger partial charge >= 0.3 is 6.18 Å². The summed E-state index contributed by atoms with van der Waals surface area (Å²) in [6, 6.07) is 9.40. The molecule has 2 bridgehead atoms. The Morgan fingerprint density at radius 2 is 1.85 bits per heavy atom. The van der Waals surface area contributed by atoms with Gasteiger partial charge in [0.1, 0.15) is 11.8 Å². The van der Waals surface area contributed by atoms with Gasteiger partial charge in [-0.15, -0.1) is 0 Å². The van der Waals surface area contributed by atoms with Gasteiger partial charge in [-0.05, 0) is 61.9 Å². The highest BCUT2D eigenvalue weighted by molar-refractivity contribution is 5.99. The van der Waals surface area contributed by atoms with E-state index in [1.54, 1.807) is 23.4 Å². The van der Waals surface area contributed by atoms with Crippen LogP contribution in [0.4, 0.5) is 13.2 Å². The molecular formula is C25H23F3N4O2. The monoisotopic (exact) mass is 468 g/mol. The molecule has 6 nitrogen and oxygen atoms in total. The van der Waals surface area contributed by atoms with Crippen LogP contribution in [0.3, 0.4) is 0 Å². The van der Waals surface area contributed by atoms with Crippen LogP contribution in [0.5, 0.6) is 5.88 Å². The van der Waals surface area contributed by atoms with Crippen molar-refractivity contribution in [2.75, 3.05) is 6.54 Å². The molecule has 3 atom stereocenters. The van der Waals surface area contributed by atoms with Gasteiger partial charge in [-0.2, -0.15) is 13.2 Å². The number of pyridine rings is 3. The fourth-order valence-electron chi connectivity index (χ4n) is 4.94. The number of aryl methyl sites for hydroxylation is 1. The minimum absolute atomic E-state index is 0.126. The van der Waals surface area contributed by atoms with Crippen molar-refractivity contribution in [3.8, 4) is 17.1 Å². The summed E-state index contributed by atoms with van der Waals surface area (Å²) in [5.74, 6) is 0.182. The second-order valence-corrected chi connectivity index (χ2v) is 8.81. The lowest BCUT2D eigenvalue weighted by Gasteiger charge is -2.49. The van der Waals surface area contributed by atoms with Gasteiger partial charge in [-0.25, -0.2) is 4.98 Å². The van der Waals surface area contributed by atoms with Crippen LogP contribution in [-0.4, -0.2) is 44.4 Å². The maximum atomic E-state index is 13.7. The van der Waals surface area contributed by atoms with Crippen molar-refractivity contribution < 1.29 is 22.7 Å². The van der Waals surface area contributed by atoms with E-state index in [-0.39, 0.29) is 29.9 Å². The molecule has 5 heterocycles. The number of carbonyl (C=O) groups excluding carboxylic acids is 1. The maximum absolute atomic E-state index is 13.7. The Bertz CT molecular complexity index is 1200. The maximum Gasteiger partial charge on any atom is 0.417 e. The van der Waals surface area contributed by atoms with Crippen molar-refractivity contribution in [3.05, 3.63) is 71.8 Å². The van der Waals surface area contributed by atoms with Crippen LogP contribution in [0.15, 0.2) is 55.0 Å². The highest BCUT2D eigenvalue weighted by Gasteiger charge is 2.45. The van der Waals surface area contributed by atoms with Crippen LogP contribution in [0.2, 0.25) is 0 Å². The normalized spacial score (nSPS) is 22.0. The van der Waals surface area contributed by atoms with Gasteiger partial charge in [-0.1, -0.05) is 6.07 Å². The van der Waals surface area contributed by atoms with Crippen molar-refractivity contribution in [1.82, 2.24) is 19.9 Å². The number of amides is 1. The van der Waals surface area contributed by atoms with E-state index in [0.29, 0.717) is 23.5 Å². The second kappa shape index (κ2) is 8.70. The molecule has 3 aromatic rings. The van der Waals surface area contributed by atoms with Gasteiger partial charge in [0.15, 0.2) is 0 Å². The molecule has 0 N–H and O–H groups in total. The third-order valence-electron chi connectivity index (χ3n) is 6.59. The first kappa shape index (κ1) is 22.3. The molecule has 1 aliphatic carbocycles. The van der Waals surface area contributed by atoms with E-state index >= 15 is 0 Å². The lowest BCUT2D eigenvalue weighted by Crippen LogP contribution is -2.59. The first-order chi connectivity index (χ1) is 16.3. The number of hydrogen-bond donors (Lipinski definition) is 0. The van der Waals surface area contributed by atoms with Gasteiger partial charge in [0.25, 0.3) is 5.91 Å². The molecule has 1 saturated carbocycles. The number of carbonyl (C=O) groups is 1. The second-order valence-electron chi connectivity index (χ2n) is 8.81. The topological polar surface area (TPSA) is 68.2 Å². The Kier molecular flexibility index (Phi) is 5.71. The number of halogens is 3. The summed E-state index contributed by atoms with van der Waals surface area (Å²) in [6.45, 7) is 2.54. The number of ether oxygens (including phenoxy) is 1. The molecule has 0 aromatic carbocycles. The first-order valence-corrected chi connectivity index (χ1v) is 11.2. The molecule has 2 aliphatic heterocycles. The van der Waals surface area contributed by atoms with E-state index in [9.17, 15) is 18.0 Å². The summed E-state index contributed by atoms with van der Waals surface area (Å²) in [5.41, 5.74) is 1.84. The molecule has 0 radical (unpaired) electrons. The molecule has 2 saturated heterocycles. The summed E-state index contributed by atoms with van der Waals surface area (Å²) in [4.78, 5) is 28.2. The Labute approximate surface area is 194 Å². The van der Waals surface area contributed by atoms with E-state index in [1.807, 2.05) is 25.1 Å². The lowest BCUT2D eigenvalue weighted by atomic mass is 9.77. The van der Waals surface area contributed by atoms with Crippen molar-refractivity contribution in [1.29, 1.82) is 0 Å². The van der Waals surface area contributed by atoms with Crippen LogP contribution in [0, 0.1) is 12.8 Å². The largest absolute Gasteiger partial charge is 0.472 e. The smallest absolute Gasteiger partial charge is 0.417 e. The van der Waals surface area contributed by atoms with Crippen LogP contribution in [0.25, 0.3) is 11.3 Å². The van der Waals surface area contributed by atoms with Gasteiger partial charge in [0, 0.05) is 36.8 Å². The molecule has 6 rings (SSSR count). The molecule has 0 spiro atoms. The third-order valence-corrected chi connectivity index (χ3v) is 6.59. The Morgan fingerprint density at radius 3 is 2.56 bits per heavy atom. The fourth-order valence-corrected chi connectivity index (χ4v) is 4.94. The number of nitrogens with zero attached hydrogens (tertiary/aromatic N) is 4. The van der Waals surface area contributed by atoms with Crippen molar-refractivity contribution in [3.63, 3.8) is 0 Å². The first-order valence-electron chi connectivity index (χ1n) is 11.2. The van der Waals surface area contributed by atoms with Gasteiger partial charge in [-0.3, -0.25) is 14.8 Å². The van der Waals surface area contributed by atoms with E-state index in [0.717, 1.165) is 37.1 Å². The molecule has 3 unspecified atom stereocenters. The zero-order chi connectivity index (χ0) is 23.9. The molecule has 3 aromatic heterocycles. The zero-order valence-electron chi connectivity index (χ0n) is 18.5. The Hall–Kier alpha value is -3.49. The molecular weight excluding hydrogens is 445 g/mol. The SMILES string of the molecule is Cc1cccnc1-c1cccnc1C(=O)N1CC2CCC1C(Oc1ccc(C(F)(F)F)cn1)C2. The standard InChI is InChI=1S/C25H23F3N4O2/c1-15-4-2-10-29-22(15)18-5-3-11-30-23(18)24(33)32-14-16-6-8-19(32)20(12-16)34-21-9-7-17(13-31-21)25(26,27)28/h2-5,7,9-11,13,16,19-20H,6,8,12,14H2,1H3. The summed E-state index contributed by atoms with van der Waals surface area (Å²) in [7, 11) is 0. The van der Waals surface area contributed by atoms with Gasteiger partial charge < -0.3 is 9.64 Å². The number of fused-ring (bicyclic) bond motifs is 3. The molecule has 3 fully saturated rings. The lowest BCUT2D eigenvalue weighted by molar-refractivity contribution is -0.137. The third kappa shape index (κ3) is 4.22. The fraction of sp³-hybridized carbons (Fsp3) is 0.360. The predicted molar refractivity (Wildman–Crippen MR) is 118 cm³/mol. The van der Waals surface area contributed by atoms with E-state index in [2.05, 4.69) is 15.0 Å². The van der Waals surface area contributed by atoms with Crippen LogP contribution >= 0.6 is 0 Å². The summed E-state index contributed by atoms with van der Waals surface area (Å²) < 4.78 is 44.5. The molecule has 9 heteroatoms. The van der Waals surface area contributed by atoms with Gasteiger partial charge in [0.05, 0.1) is 17.3 Å². The summed E-state index contributed by atoms with van der Waals surface area (Å²) >= 11 is 0. The number of hydrogen-bond acceptors (Lipinski definition) is 5. The minimum atomic E-state index is -4.45. The van der Waals surface area contributed by atoms with Crippen molar-refractivity contribution in [2.24, 2.45) is 5.92 Å². The summed E-state index contributed by atoms with van der Waals surface area (Å²) in [6.07, 6.45) is 1.72. The van der Waals surface area contributed by atoms with Crippen LogP contribution < -0.4 is 4.74 Å². The molecule has 3 aliphatic rings. The Morgan fingerprint density at radius 1 is 1.06 bits per heavy atom. The van der Waals surface area contributed by atoms with E-state index < -0.39 is 11.7 Å². The highest BCUT2D eigenvalue weighted by Crippen LogP contribution is 2.39. The summed E-state index contributed by atoms with van der Waals surface area (Å²) in [5, 5.41) is 0. The van der Waals surface area contributed by atoms with Crippen molar-refractivity contribution in [2.45, 2.75) is 44.5 Å². The predicted octanol–water partition coefficient (Wildman–Crippen LogP) is 4.94. The number of rotatable bonds is 4.